The first kappa shape index (κ1) is 19.9. The van der Waals surface area contributed by atoms with Crippen molar-refractivity contribution in [3.05, 3.63) is 36.4 Å². The monoisotopic (exact) mass is 439 g/mol. The third-order valence-corrected chi connectivity index (χ3v) is 5.87. The van der Waals surface area contributed by atoms with Gasteiger partial charge in [-0.1, -0.05) is 0 Å². The maximum Gasteiger partial charge on any atom is 0.417 e. The van der Waals surface area contributed by atoms with Gasteiger partial charge in [-0.15, -0.1) is 0 Å². The number of halogens is 5. The lowest BCUT2D eigenvalue weighted by Gasteiger charge is -2.48. The van der Waals surface area contributed by atoms with Crippen LogP contribution in [0.1, 0.15) is 12.0 Å². The van der Waals surface area contributed by atoms with Crippen LogP contribution in [0.25, 0.3) is 11.2 Å². The van der Waals surface area contributed by atoms with E-state index in [1.54, 1.807) is 6.20 Å². The Labute approximate surface area is 173 Å². The summed E-state index contributed by atoms with van der Waals surface area (Å²) in [5, 5.41) is 3.92. The highest BCUT2D eigenvalue weighted by Crippen LogP contribution is 2.43. The summed E-state index contributed by atoms with van der Waals surface area (Å²) in [7, 11) is 0. The highest BCUT2D eigenvalue weighted by Gasteiger charge is 2.48. The summed E-state index contributed by atoms with van der Waals surface area (Å²) < 4.78 is 65.6. The van der Waals surface area contributed by atoms with Crippen molar-refractivity contribution in [2.45, 2.75) is 25.6 Å². The van der Waals surface area contributed by atoms with Crippen LogP contribution in [0.2, 0.25) is 0 Å². The Hall–Kier alpha value is -3.05. The molecule has 12 heteroatoms. The molecule has 5 rings (SSSR count). The molecule has 5 heterocycles. The molecule has 0 radical (unpaired) electrons. The predicted molar refractivity (Wildman–Crippen MR) is 102 cm³/mol. The van der Waals surface area contributed by atoms with Crippen LogP contribution in [0, 0.1) is 5.41 Å². The van der Waals surface area contributed by atoms with E-state index in [0.717, 1.165) is 23.4 Å². The lowest BCUT2D eigenvalue weighted by atomic mass is 9.79. The van der Waals surface area contributed by atoms with Gasteiger partial charge in [0.25, 0.3) is 6.43 Å². The molecule has 0 unspecified atom stereocenters. The van der Waals surface area contributed by atoms with E-state index < -0.39 is 24.7 Å². The molecule has 0 amide bonds. The average Bonchev–Trinajstić information content (AvgIpc) is 3.31. The van der Waals surface area contributed by atoms with Gasteiger partial charge >= 0.3 is 6.18 Å². The minimum absolute atomic E-state index is 0.0614. The Morgan fingerprint density at radius 2 is 1.81 bits per heavy atom. The average molecular weight is 439 g/mol. The number of fused-ring (bicyclic) bond motifs is 1. The molecule has 3 aromatic heterocycles. The van der Waals surface area contributed by atoms with Crippen molar-refractivity contribution < 1.29 is 22.0 Å². The van der Waals surface area contributed by atoms with E-state index in [4.69, 9.17) is 0 Å². The number of alkyl halides is 5. The molecule has 0 bridgehead atoms. The molecule has 2 aliphatic heterocycles. The van der Waals surface area contributed by atoms with Crippen molar-refractivity contribution in [1.82, 2.24) is 24.7 Å². The number of anilines is 2. The molecule has 0 N–H and O–H groups in total. The van der Waals surface area contributed by atoms with Gasteiger partial charge in [0.15, 0.2) is 5.65 Å². The first-order valence-electron chi connectivity index (χ1n) is 9.71. The summed E-state index contributed by atoms with van der Waals surface area (Å²) >= 11 is 0. The topological polar surface area (TPSA) is 63.0 Å². The summed E-state index contributed by atoms with van der Waals surface area (Å²) in [6.07, 6.45) is -0.865. The first-order valence-corrected chi connectivity index (χ1v) is 9.71. The Morgan fingerprint density at radius 1 is 1.03 bits per heavy atom. The smallest absolute Gasteiger partial charge is 0.370 e. The zero-order valence-electron chi connectivity index (χ0n) is 16.2. The van der Waals surface area contributed by atoms with Crippen molar-refractivity contribution in [1.29, 1.82) is 0 Å². The number of aromatic nitrogens is 5. The third kappa shape index (κ3) is 3.63. The van der Waals surface area contributed by atoms with Gasteiger partial charge in [-0.3, -0.25) is 4.98 Å². The van der Waals surface area contributed by atoms with Crippen LogP contribution in [-0.4, -0.2) is 57.3 Å². The highest BCUT2D eigenvalue weighted by atomic mass is 19.4. The van der Waals surface area contributed by atoms with E-state index in [-0.39, 0.29) is 5.41 Å². The quantitative estimate of drug-likeness (QED) is 0.582. The molecule has 0 saturated carbocycles. The standard InChI is InChI=1S/C19H18F5N7/c20-15(21)8-31-17-14(6-27-31)26-7-16(28-17)30-10-18(11-30)1-2-29(9-18)13-3-12(4-25-5-13)19(22,23)24/h3-7,15H,1-2,8-11H2. The van der Waals surface area contributed by atoms with E-state index >= 15 is 0 Å². The van der Waals surface area contributed by atoms with Crippen LogP contribution in [-0.2, 0) is 12.7 Å². The summed E-state index contributed by atoms with van der Waals surface area (Å²) in [4.78, 5) is 16.4. The van der Waals surface area contributed by atoms with Crippen molar-refractivity contribution in [3.63, 3.8) is 0 Å². The zero-order chi connectivity index (χ0) is 21.8. The molecular weight excluding hydrogens is 421 g/mol. The fourth-order valence-electron chi connectivity index (χ4n) is 4.35. The van der Waals surface area contributed by atoms with Gasteiger partial charge in [0.05, 0.1) is 29.8 Å². The molecule has 0 aromatic carbocycles. The van der Waals surface area contributed by atoms with Crippen molar-refractivity contribution in [3.8, 4) is 0 Å². The summed E-state index contributed by atoms with van der Waals surface area (Å²) in [6.45, 7) is 2.04. The van der Waals surface area contributed by atoms with Crippen LogP contribution in [0.3, 0.4) is 0 Å². The molecule has 2 saturated heterocycles. The normalized spacial score (nSPS) is 18.4. The van der Waals surface area contributed by atoms with E-state index in [0.29, 0.717) is 48.8 Å². The van der Waals surface area contributed by atoms with Gasteiger partial charge < -0.3 is 9.80 Å². The fourth-order valence-corrected chi connectivity index (χ4v) is 4.35. The first-order chi connectivity index (χ1) is 14.7. The Morgan fingerprint density at radius 3 is 2.55 bits per heavy atom. The van der Waals surface area contributed by atoms with Crippen LogP contribution in [0.5, 0.6) is 0 Å². The fraction of sp³-hybridized carbons (Fsp3) is 0.474. The maximum absolute atomic E-state index is 13.0. The van der Waals surface area contributed by atoms with Gasteiger partial charge in [0, 0.05) is 37.8 Å². The summed E-state index contributed by atoms with van der Waals surface area (Å²) in [5.41, 5.74) is 0.395. The summed E-state index contributed by atoms with van der Waals surface area (Å²) in [5.74, 6) is 0.577. The second kappa shape index (κ2) is 6.99. The number of nitrogens with zero attached hydrogens (tertiary/aromatic N) is 7. The van der Waals surface area contributed by atoms with Crippen molar-refractivity contribution >= 4 is 22.7 Å². The molecule has 7 nitrogen and oxygen atoms in total. The lowest BCUT2D eigenvalue weighted by Crippen LogP contribution is -2.58. The number of rotatable bonds is 4. The second-order valence-corrected chi connectivity index (χ2v) is 8.11. The molecule has 0 aliphatic carbocycles. The lowest BCUT2D eigenvalue weighted by molar-refractivity contribution is -0.137. The molecule has 0 atom stereocenters. The Bertz CT molecular complexity index is 1110. The molecule has 3 aromatic rings. The van der Waals surface area contributed by atoms with Crippen LogP contribution in [0.4, 0.5) is 33.5 Å². The van der Waals surface area contributed by atoms with E-state index in [1.807, 2.05) is 9.80 Å². The van der Waals surface area contributed by atoms with Crippen LogP contribution >= 0.6 is 0 Å². The third-order valence-electron chi connectivity index (χ3n) is 5.87. The summed E-state index contributed by atoms with van der Waals surface area (Å²) in [6, 6.07) is 1.13. The van der Waals surface area contributed by atoms with E-state index in [1.165, 1.54) is 12.4 Å². The van der Waals surface area contributed by atoms with Crippen LogP contribution < -0.4 is 9.80 Å². The minimum Gasteiger partial charge on any atom is -0.370 e. The van der Waals surface area contributed by atoms with Gasteiger partial charge in [0.2, 0.25) is 0 Å². The van der Waals surface area contributed by atoms with Gasteiger partial charge in [-0.05, 0) is 12.5 Å². The Balaban J connectivity index is 1.29. The number of pyridine rings is 1. The Kier molecular flexibility index (Phi) is 4.48. The second-order valence-electron chi connectivity index (χ2n) is 8.11. The number of hydrogen-bond donors (Lipinski definition) is 0. The van der Waals surface area contributed by atoms with Crippen molar-refractivity contribution in [2.75, 3.05) is 36.0 Å². The molecule has 2 fully saturated rings. The van der Waals surface area contributed by atoms with E-state index in [9.17, 15) is 22.0 Å². The van der Waals surface area contributed by atoms with Crippen LogP contribution in [0.15, 0.2) is 30.9 Å². The molecule has 1 spiro atoms. The molecule has 164 valence electrons. The van der Waals surface area contributed by atoms with Gasteiger partial charge in [-0.2, -0.15) is 18.3 Å². The largest absolute Gasteiger partial charge is 0.417 e. The minimum atomic E-state index is -4.43. The SMILES string of the molecule is FC(F)Cn1ncc2ncc(N3CC4(CCN(c5cncc(C(F)(F)F)c5)C4)C3)nc21. The van der Waals surface area contributed by atoms with Crippen molar-refractivity contribution in [2.24, 2.45) is 5.41 Å². The maximum atomic E-state index is 13.0. The highest BCUT2D eigenvalue weighted by molar-refractivity contribution is 5.71. The number of hydrogen-bond acceptors (Lipinski definition) is 6. The van der Waals surface area contributed by atoms with Gasteiger partial charge in [0.1, 0.15) is 17.9 Å². The molecular formula is C19H18F5N7. The molecule has 31 heavy (non-hydrogen) atoms. The molecule has 2 aliphatic rings. The predicted octanol–water partition coefficient (Wildman–Crippen LogP) is 3.22. The van der Waals surface area contributed by atoms with E-state index in [2.05, 4.69) is 20.1 Å². The van der Waals surface area contributed by atoms with Gasteiger partial charge in [-0.25, -0.2) is 23.4 Å². The zero-order valence-corrected chi connectivity index (χ0v) is 16.2.